The van der Waals surface area contributed by atoms with Crippen LogP contribution in [0.2, 0.25) is 0 Å². The van der Waals surface area contributed by atoms with E-state index >= 15 is 0 Å². The lowest BCUT2D eigenvalue weighted by molar-refractivity contribution is 0.222. The molecule has 0 unspecified atom stereocenters. The van der Waals surface area contributed by atoms with Crippen molar-refractivity contribution in [3.63, 3.8) is 0 Å². The third-order valence-corrected chi connectivity index (χ3v) is 5.19. The van der Waals surface area contributed by atoms with E-state index in [1.165, 1.54) is 4.31 Å². The summed E-state index contributed by atoms with van der Waals surface area (Å²) in [7, 11) is -3.96. The highest BCUT2D eigenvalue weighted by Gasteiger charge is 2.33. The number of hydrogen-bond donors (Lipinski definition) is 0. The second-order valence-corrected chi connectivity index (χ2v) is 7.25. The summed E-state index contributed by atoms with van der Waals surface area (Å²) in [5.41, 5.74) is 0. The van der Waals surface area contributed by atoms with Crippen LogP contribution in [0.5, 0.6) is 0 Å². The first kappa shape index (κ1) is 14.4. The van der Waals surface area contributed by atoms with Gasteiger partial charge in [-0.05, 0) is 36.5 Å². The summed E-state index contributed by atoms with van der Waals surface area (Å²) in [5.74, 6) is -1.23. The van der Waals surface area contributed by atoms with Crippen LogP contribution in [0.1, 0.15) is 20.3 Å². The van der Waals surface area contributed by atoms with E-state index in [-0.39, 0.29) is 11.8 Å². The van der Waals surface area contributed by atoms with Crippen molar-refractivity contribution in [2.75, 3.05) is 13.1 Å². The van der Waals surface area contributed by atoms with Gasteiger partial charge in [0.1, 0.15) is 16.5 Å². The molecule has 0 spiro atoms. The average molecular weight is 289 g/mol. The minimum Gasteiger partial charge on any atom is -0.207 e. The van der Waals surface area contributed by atoms with Crippen molar-refractivity contribution in [3.8, 4) is 0 Å². The van der Waals surface area contributed by atoms with Crippen LogP contribution in [0.15, 0.2) is 23.1 Å². The van der Waals surface area contributed by atoms with Gasteiger partial charge in [-0.15, -0.1) is 0 Å². The predicted octanol–water partition coefficient (Wildman–Crippen LogP) is 2.63. The van der Waals surface area contributed by atoms with Gasteiger partial charge < -0.3 is 0 Å². The Balaban J connectivity index is 2.39. The minimum absolute atomic E-state index is 0.218. The van der Waals surface area contributed by atoms with Gasteiger partial charge in [0.15, 0.2) is 0 Å². The lowest BCUT2D eigenvalue weighted by atomic mass is 9.94. The first-order valence-corrected chi connectivity index (χ1v) is 7.70. The Hall–Kier alpha value is -1.01. The number of piperidine rings is 1. The summed E-state index contributed by atoms with van der Waals surface area (Å²) >= 11 is 0. The van der Waals surface area contributed by atoms with Crippen molar-refractivity contribution in [1.82, 2.24) is 4.31 Å². The van der Waals surface area contributed by atoms with Gasteiger partial charge in [-0.1, -0.05) is 13.8 Å². The van der Waals surface area contributed by atoms with Crippen LogP contribution >= 0.6 is 0 Å². The van der Waals surface area contributed by atoms with Crippen LogP contribution in [-0.4, -0.2) is 25.8 Å². The van der Waals surface area contributed by atoms with Gasteiger partial charge in [0.25, 0.3) is 0 Å². The zero-order valence-corrected chi connectivity index (χ0v) is 11.8. The molecule has 0 bridgehead atoms. The van der Waals surface area contributed by atoms with Crippen LogP contribution in [0.4, 0.5) is 8.78 Å². The lowest BCUT2D eigenvalue weighted by Crippen LogP contribution is -2.42. The average Bonchev–Trinajstić information content (AvgIpc) is 2.31. The summed E-state index contributed by atoms with van der Waals surface area (Å²) in [5, 5.41) is 0. The highest BCUT2D eigenvalue weighted by molar-refractivity contribution is 7.89. The Bertz CT molecular complexity index is 564. The molecule has 3 nitrogen and oxygen atoms in total. The van der Waals surface area contributed by atoms with E-state index < -0.39 is 26.6 Å². The molecule has 0 aliphatic carbocycles. The Kier molecular flexibility index (Phi) is 3.92. The predicted molar refractivity (Wildman–Crippen MR) is 68.1 cm³/mol. The molecule has 1 fully saturated rings. The monoisotopic (exact) mass is 289 g/mol. The van der Waals surface area contributed by atoms with Crippen molar-refractivity contribution < 1.29 is 17.2 Å². The summed E-state index contributed by atoms with van der Waals surface area (Å²) in [6.45, 7) is 4.62. The number of sulfonamides is 1. The fraction of sp³-hybridized carbons (Fsp3) is 0.538. The highest BCUT2D eigenvalue weighted by atomic mass is 32.2. The smallest absolute Gasteiger partial charge is 0.207 e. The number of rotatable bonds is 2. The summed E-state index contributed by atoms with van der Waals surface area (Å²) < 4.78 is 52.8. The van der Waals surface area contributed by atoms with Crippen molar-refractivity contribution in [3.05, 3.63) is 29.8 Å². The first-order chi connectivity index (χ1) is 8.80. The van der Waals surface area contributed by atoms with Gasteiger partial charge >= 0.3 is 0 Å². The second kappa shape index (κ2) is 5.17. The van der Waals surface area contributed by atoms with E-state index in [1.54, 1.807) is 0 Å². The Morgan fingerprint density at radius 1 is 1.16 bits per heavy atom. The number of benzene rings is 1. The van der Waals surface area contributed by atoms with Crippen molar-refractivity contribution in [2.24, 2.45) is 11.8 Å². The number of nitrogens with zero attached hydrogens (tertiary/aromatic N) is 1. The molecule has 0 saturated carbocycles. The second-order valence-electron chi connectivity index (χ2n) is 5.34. The molecule has 0 N–H and O–H groups in total. The van der Waals surface area contributed by atoms with Gasteiger partial charge in [0, 0.05) is 13.1 Å². The van der Waals surface area contributed by atoms with E-state index in [4.69, 9.17) is 0 Å². The quantitative estimate of drug-likeness (QED) is 0.839. The molecule has 2 rings (SSSR count). The number of halogens is 2. The fourth-order valence-electron chi connectivity index (χ4n) is 2.62. The van der Waals surface area contributed by atoms with Crippen LogP contribution < -0.4 is 0 Å². The van der Waals surface area contributed by atoms with Crippen molar-refractivity contribution in [1.29, 1.82) is 0 Å². The molecule has 19 heavy (non-hydrogen) atoms. The topological polar surface area (TPSA) is 37.4 Å². The Labute approximate surface area is 112 Å². The highest BCUT2D eigenvalue weighted by Crippen LogP contribution is 2.28. The maximum Gasteiger partial charge on any atom is 0.246 e. The Morgan fingerprint density at radius 3 is 2.32 bits per heavy atom. The van der Waals surface area contributed by atoms with E-state index in [1.807, 2.05) is 13.8 Å². The van der Waals surface area contributed by atoms with Crippen molar-refractivity contribution in [2.45, 2.75) is 25.2 Å². The van der Waals surface area contributed by atoms with Crippen LogP contribution in [0.25, 0.3) is 0 Å². The van der Waals surface area contributed by atoms with E-state index in [0.717, 1.165) is 24.6 Å². The molecule has 1 heterocycles. The number of hydrogen-bond acceptors (Lipinski definition) is 2. The molecule has 0 radical (unpaired) electrons. The SMILES string of the molecule is C[C@@H]1C[C@@H](C)CN(S(=O)(=O)c2cc(F)ccc2F)C1. The summed E-state index contributed by atoms with van der Waals surface area (Å²) in [6, 6.07) is 2.50. The van der Waals surface area contributed by atoms with Gasteiger partial charge in [0.2, 0.25) is 10.0 Å². The molecule has 1 aliphatic rings. The molecular weight excluding hydrogens is 272 g/mol. The maximum absolute atomic E-state index is 13.6. The molecule has 1 aromatic rings. The largest absolute Gasteiger partial charge is 0.246 e. The first-order valence-electron chi connectivity index (χ1n) is 6.26. The fourth-order valence-corrected chi connectivity index (χ4v) is 4.37. The molecule has 1 aromatic carbocycles. The van der Waals surface area contributed by atoms with E-state index in [0.29, 0.717) is 13.1 Å². The zero-order chi connectivity index (χ0) is 14.2. The molecular formula is C13H17F2NO2S. The maximum atomic E-state index is 13.6. The molecule has 0 amide bonds. The van der Waals surface area contributed by atoms with Crippen LogP contribution in [-0.2, 0) is 10.0 Å². The zero-order valence-electron chi connectivity index (χ0n) is 10.9. The lowest BCUT2D eigenvalue weighted by Gasteiger charge is -2.34. The van der Waals surface area contributed by atoms with E-state index in [2.05, 4.69) is 0 Å². The van der Waals surface area contributed by atoms with Gasteiger partial charge in [-0.3, -0.25) is 0 Å². The third kappa shape index (κ3) is 2.95. The third-order valence-electron chi connectivity index (χ3n) is 3.35. The molecule has 1 saturated heterocycles. The standard InChI is InChI=1S/C13H17F2NO2S/c1-9-5-10(2)8-16(7-9)19(17,18)13-6-11(14)3-4-12(13)15/h3-4,6,9-10H,5,7-8H2,1-2H3/t9-,10-/m1/s1. The Morgan fingerprint density at radius 2 is 1.74 bits per heavy atom. The molecule has 1 aliphatic heterocycles. The van der Waals surface area contributed by atoms with Gasteiger partial charge in [-0.25, -0.2) is 17.2 Å². The summed E-state index contributed by atoms with van der Waals surface area (Å²) in [6.07, 6.45) is 0.942. The molecule has 0 aromatic heterocycles. The van der Waals surface area contributed by atoms with Crippen LogP contribution in [0.3, 0.4) is 0 Å². The van der Waals surface area contributed by atoms with Gasteiger partial charge in [-0.2, -0.15) is 4.31 Å². The van der Waals surface area contributed by atoms with E-state index in [9.17, 15) is 17.2 Å². The normalized spacial score (nSPS) is 25.5. The summed E-state index contributed by atoms with van der Waals surface area (Å²) in [4.78, 5) is -0.575. The molecule has 6 heteroatoms. The van der Waals surface area contributed by atoms with Gasteiger partial charge in [0.05, 0.1) is 0 Å². The van der Waals surface area contributed by atoms with Crippen LogP contribution in [0, 0.1) is 23.5 Å². The minimum atomic E-state index is -3.96. The molecule has 106 valence electrons. The molecule has 2 atom stereocenters. The van der Waals surface area contributed by atoms with Crippen molar-refractivity contribution >= 4 is 10.0 Å².